The van der Waals surface area contributed by atoms with E-state index < -0.39 is 11.8 Å². The first kappa shape index (κ1) is 13.2. The number of carbonyl (C=O) groups is 1. The van der Waals surface area contributed by atoms with Gasteiger partial charge in [0.1, 0.15) is 5.82 Å². The van der Waals surface area contributed by atoms with Crippen LogP contribution in [0.5, 0.6) is 0 Å². The van der Waals surface area contributed by atoms with E-state index in [1.54, 1.807) is 49.4 Å². The Morgan fingerprint density at radius 2 is 1.76 bits per heavy atom. The largest absolute Gasteiger partial charge is 0.478 e. The van der Waals surface area contributed by atoms with Crippen molar-refractivity contribution < 1.29 is 14.3 Å². The normalized spacial score (nSPS) is 10.8. The molecule has 0 aliphatic carbocycles. The molecule has 3 nitrogen and oxygen atoms in total. The first-order chi connectivity index (χ1) is 10.1. The molecule has 3 rings (SSSR count). The van der Waals surface area contributed by atoms with Gasteiger partial charge in [-0.3, -0.25) is 4.98 Å². The van der Waals surface area contributed by atoms with Gasteiger partial charge in [-0.2, -0.15) is 0 Å². The number of aryl methyl sites for hydroxylation is 1. The van der Waals surface area contributed by atoms with Crippen LogP contribution in [0.25, 0.3) is 22.0 Å². The molecule has 0 spiro atoms. The first-order valence-electron chi connectivity index (χ1n) is 6.47. The summed E-state index contributed by atoms with van der Waals surface area (Å²) in [5.41, 5.74) is 1.76. The summed E-state index contributed by atoms with van der Waals surface area (Å²) >= 11 is 0. The molecule has 0 aliphatic heterocycles. The van der Waals surface area contributed by atoms with Crippen LogP contribution in [0.2, 0.25) is 0 Å². The molecule has 0 unspecified atom stereocenters. The van der Waals surface area contributed by atoms with E-state index in [-0.39, 0.29) is 11.1 Å². The van der Waals surface area contributed by atoms with E-state index >= 15 is 0 Å². The Balaban J connectivity index is 2.48. The number of carboxylic acid groups (broad SMARTS) is 1. The van der Waals surface area contributed by atoms with Crippen molar-refractivity contribution in [1.29, 1.82) is 0 Å². The molecule has 1 aromatic heterocycles. The minimum Gasteiger partial charge on any atom is -0.478 e. The van der Waals surface area contributed by atoms with Crippen LogP contribution in [0, 0.1) is 12.7 Å². The number of carboxylic acids is 1. The highest BCUT2D eigenvalue weighted by molar-refractivity contribution is 6.09. The molecular weight excluding hydrogens is 269 g/mol. The summed E-state index contributed by atoms with van der Waals surface area (Å²) in [5.74, 6) is -1.55. The van der Waals surface area contributed by atoms with Crippen LogP contribution in [0.4, 0.5) is 4.39 Å². The third-order valence-electron chi connectivity index (χ3n) is 3.43. The van der Waals surface area contributed by atoms with E-state index in [2.05, 4.69) is 4.98 Å². The summed E-state index contributed by atoms with van der Waals surface area (Å²) in [5, 5.41) is 10.1. The molecule has 0 bridgehead atoms. The first-order valence-corrected chi connectivity index (χ1v) is 6.47. The van der Waals surface area contributed by atoms with Crippen molar-refractivity contribution in [3.63, 3.8) is 0 Å². The van der Waals surface area contributed by atoms with Crippen molar-refractivity contribution in [1.82, 2.24) is 4.98 Å². The molecule has 21 heavy (non-hydrogen) atoms. The number of hydrogen-bond donors (Lipinski definition) is 1. The van der Waals surface area contributed by atoms with Crippen molar-refractivity contribution in [2.75, 3.05) is 0 Å². The standard InChI is InChI=1S/C17H12FNO2/c1-10-15(11-6-2-4-8-13(11)18)16(17(20)21)12-7-3-5-9-14(12)19-10/h2-9H,1H3,(H,20,21). The minimum absolute atomic E-state index is 0.0863. The Bertz CT molecular complexity index is 859. The lowest BCUT2D eigenvalue weighted by atomic mass is 9.94. The molecule has 1 heterocycles. The summed E-state index contributed by atoms with van der Waals surface area (Å²) < 4.78 is 14.1. The lowest BCUT2D eigenvalue weighted by molar-refractivity contribution is 0.0699. The van der Waals surface area contributed by atoms with Gasteiger partial charge in [0.2, 0.25) is 0 Å². The lowest BCUT2D eigenvalue weighted by Crippen LogP contribution is -2.05. The number of para-hydroxylation sites is 1. The van der Waals surface area contributed by atoms with Gasteiger partial charge in [-0.25, -0.2) is 9.18 Å². The van der Waals surface area contributed by atoms with Crippen LogP contribution in [-0.4, -0.2) is 16.1 Å². The van der Waals surface area contributed by atoms with Gasteiger partial charge < -0.3 is 5.11 Å². The van der Waals surface area contributed by atoms with Gasteiger partial charge in [0, 0.05) is 22.2 Å². The van der Waals surface area contributed by atoms with Crippen molar-refractivity contribution in [2.45, 2.75) is 6.92 Å². The molecule has 0 saturated heterocycles. The summed E-state index contributed by atoms with van der Waals surface area (Å²) in [7, 11) is 0. The molecule has 0 atom stereocenters. The van der Waals surface area contributed by atoms with Crippen LogP contribution < -0.4 is 0 Å². The molecule has 104 valence electrons. The average molecular weight is 281 g/mol. The topological polar surface area (TPSA) is 50.2 Å². The third kappa shape index (κ3) is 2.14. The summed E-state index contributed by atoms with van der Waals surface area (Å²) in [6.45, 7) is 1.70. The van der Waals surface area contributed by atoms with Gasteiger partial charge in [-0.15, -0.1) is 0 Å². The number of halogens is 1. The van der Waals surface area contributed by atoms with E-state index in [0.717, 1.165) is 0 Å². The second-order valence-corrected chi connectivity index (χ2v) is 4.75. The molecule has 4 heteroatoms. The second kappa shape index (κ2) is 4.98. The fourth-order valence-electron chi connectivity index (χ4n) is 2.55. The minimum atomic E-state index is -1.09. The van der Waals surface area contributed by atoms with E-state index in [0.29, 0.717) is 22.2 Å². The lowest BCUT2D eigenvalue weighted by Gasteiger charge is -2.13. The molecule has 3 aromatic rings. The quantitative estimate of drug-likeness (QED) is 0.771. The third-order valence-corrected chi connectivity index (χ3v) is 3.43. The van der Waals surface area contributed by atoms with Crippen LogP contribution >= 0.6 is 0 Å². The number of rotatable bonds is 2. The summed E-state index contributed by atoms with van der Waals surface area (Å²) in [4.78, 5) is 16.1. The number of aromatic nitrogens is 1. The van der Waals surface area contributed by atoms with E-state index in [4.69, 9.17) is 0 Å². The highest BCUT2D eigenvalue weighted by Crippen LogP contribution is 2.33. The predicted octanol–water partition coefficient (Wildman–Crippen LogP) is 4.05. The fourth-order valence-corrected chi connectivity index (χ4v) is 2.55. The van der Waals surface area contributed by atoms with Crippen LogP contribution in [0.15, 0.2) is 48.5 Å². The molecule has 2 aromatic carbocycles. The molecular formula is C17H12FNO2. The van der Waals surface area contributed by atoms with Gasteiger partial charge in [0.05, 0.1) is 11.1 Å². The Labute approximate surface area is 120 Å². The average Bonchev–Trinajstić information content (AvgIpc) is 2.46. The zero-order chi connectivity index (χ0) is 15.0. The van der Waals surface area contributed by atoms with E-state index in [1.165, 1.54) is 6.07 Å². The monoisotopic (exact) mass is 281 g/mol. The molecule has 0 amide bonds. The second-order valence-electron chi connectivity index (χ2n) is 4.75. The predicted molar refractivity (Wildman–Crippen MR) is 78.8 cm³/mol. The maximum Gasteiger partial charge on any atom is 0.337 e. The number of hydrogen-bond acceptors (Lipinski definition) is 2. The van der Waals surface area contributed by atoms with Crippen LogP contribution in [0.1, 0.15) is 16.1 Å². The summed E-state index contributed by atoms with van der Waals surface area (Å²) in [6, 6.07) is 13.1. The van der Waals surface area contributed by atoms with Gasteiger partial charge in [-0.05, 0) is 19.1 Å². The van der Waals surface area contributed by atoms with Crippen LogP contribution in [-0.2, 0) is 0 Å². The number of pyridine rings is 1. The highest BCUT2D eigenvalue weighted by atomic mass is 19.1. The Morgan fingerprint density at radius 1 is 1.10 bits per heavy atom. The smallest absolute Gasteiger partial charge is 0.337 e. The zero-order valence-corrected chi connectivity index (χ0v) is 11.3. The van der Waals surface area contributed by atoms with E-state index in [1.807, 2.05) is 0 Å². The zero-order valence-electron chi connectivity index (χ0n) is 11.3. The highest BCUT2D eigenvalue weighted by Gasteiger charge is 2.21. The molecule has 0 radical (unpaired) electrons. The number of benzene rings is 2. The number of aromatic carboxylic acids is 1. The SMILES string of the molecule is Cc1nc2ccccc2c(C(=O)O)c1-c1ccccc1F. The maximum absolute atomic E-state index is 14.1. The van der Waals surface area contributed by atoms with Crippen molar-refractivity contribution >= 4 is 16.9 Å². The summed E-state index contributed by atoms with van der Waals surface area (Å²) in [6.07, 6.45) is 0. The van der Waals surface area contributed by atoms with Gasteiger partial charge in [0.25, 0.3) is 0 Å². The molecule has 0 saturated carbocycles. The fraction of sp³-hybridized carbons (Fsp3) is 0.0588. The Kier molecular flexibility index (Phi) is 3.14. The number of fused-ring (bicyclic) bond motifs is 1. The van der Waals surface area contributed by atoms with E-state index in [9.17, 15) is 14.3 Å². The molecule has 0 fully saturated rings. The number of nitrogens with zero attached hydrogens (tertiary/aromatic N) is 1. The van der Waals surface area contributed by atoms with Crippen molar-refractivity contribution in [2.24, 2.45) is 0 Å². The van der Waals surface area contributed by atoms with Crippen molar-refractivity contribution in [3.05, 3.63) is 65.6 Å². The molecule has 0 aliphatic rings. The molecule has 1 N–H and O–H groups in total. The Morgan fingerprint density at radius 3 is 2.48 bits per heavy atom. The van der Waals surface area contributed by atoms with Crippen molar-refractivity contribution in [3.8, 4) is 11.1 Å². The van der Waals surface area contributed by atoms with Gasteiger partial charge in [-0.1, -0.05) is 36.4 Å². The maximum atomic E-state index is 14.1. The Hall–Kier alpha value is -2.75. The van der Waals surface area contributed by atoms with Crippen LogP contribution in [0.3, 0.4) is 0 Å². The van der Waals surface area contributed by atoms with Gasteiger partial charge in [0.15, 0.2) is 0 Å². The van der Waals surface area contributed by atoms with Gasteiger partial charge >= 0.3 is 5.97 Å².